The second-order valence-corrected chi connectivity index (χ2v) is 10.8. The summed E-state index contributed by atoms with van der Waals surface area (Å²) >= 11 is 7.38. The Bertz CT molecular complexity index is 1400. The van der Waals surface area contributed by atoms with Crippen LogP contribution >= 0.6 is 22.9 Å². The zero-order valence-corrected chi connectivity index (χ0v) is 21.5. The fourth-order valence-corrected chi connectivity index (χ4v) is 5.94. The van der Waals surface area contributed by atoms with Gasteiger partial charge in [-0.05, 0) is 31.3 Å². The summed E-state index contributed by atoms with van der Waals surface area (Å²) in [5, 5.41) is 16.5. The molecular formula is C24H25ClN6O5S. The molecule has 3 aromatic rings. The minimum absolute atomic E-state index is 0.0635. The Balaban J connectivity index is 1.33. The van der Waals surface area contributed by atoms with Crippen LogP contribution in [0, 0.1) is 0 Å². The molecule has 13 heteroatoms. The van der Waals surface area contributed by atoms with Gasteiger partial charge in [-0.2, -0.15) is 0 Å². The number of H-pyrrole nitrogens is 1. The van der Waals surface area contributed by atoms with E-state index in [1.54, 1.807) is 24.3 Å². The van der Waals surface area contributed by atoms with Gasteiger partial charge < -0.3 is 30.5 Å². The first kappa shape index (κ1) is 25.2. The molecule has 37 heavy (non-hydrogen) atoms. The number of likely N-dealkylation sites (tertiary alicyclic amines) is 1. The number of nitrogens with one attached hydrogen (secondary N) is 3. The number of carboxylic acid groups (broad SMARTS) is 1. The predicted molar refractivity (Wildman–Crippen MR) is 137 cm³/mol. The number of carbonyl (C=O) groups excluding carboxylic acids is 3. The lowest BCUT2D eigenvalue weighted by Gasteiger charge is -2.20. The third-order valence-electron chi connectivity index (χ3n) is 6.55. The van der Waals surface area contributed by atoms with E-state index in [4.69, 9.17) is 16.7 Å². The van der Waals surface area contributed by atoms with Crippen LogP contribution < -0.4 is 10.6 Å². The summed E-state index contributed by atoms with van der Waals surface area (Å²) in [7, 11) is 2.01. The molecule has 5 rings (SSSR count). The number of aliphatic carboxylic acids is 1. The Hall–Kier alpha value is -3.48. The van der Waals surface area contributed by atoms with Gasteiger partial charge in [-0.3, -0.25) is 19.2 Å². The highest BCUT2D eigenvalue weighted by atomic mass is 35.5. The van der Waals surface area contributed by atoms with Gasteiger partial charge >= 0.3 is 5.97 Å². The molecule has 0 spiro atoms. The number of benzene rings is 1. The van der Waals surface area contributed by atoms with E-state index in [1.165, 1.54) is 16.2 Å². The smallest absolute Gasteiger partial charge is 0.312 e. The molecule has 0 saturated carbocycles. The molecule has 3 amide bonds. The highest BCUT2D eigenvalue weighted by molar-refractivity contribution is 7.13. The monoisotopic (exact) mass is 544 g/mol. The topological polar surface area (TPSA) is 148 Å². The van der Waals surface area contributed by atoms with E-state index in [0.717, 1.165) is 41.0 Å². The van der Waals surface area contributed by atoms with Gasteiger partial charge in [-0.15, -0.1) is 11.3 Å². The van der Waals surface area contributed by atoms with Crippen molar-refractivity contribution in [3.8, 4) is 0 Å². The summed E-state index contributed by atoms with van der Waals surface area (Å²) < 4.78 is 0. The van der Waals surface area contributed by atoms with Gasteiger partial charge in [0.05, 0.1) is 17.8 Å². The molecule has 1 saturated heterocycles. The summed E-state index contributed by atoms with van der Waals surface area (Å²) in [4.78, 5) is 61.8. The van der Waals surface area contributed by atoms with Gasteiger partial charge in [0.1, 0.15) is 12.1 Å². The molecule has 2 aromatic heterocycles. The molecule has 2 aliphatic rings. The van der Waals surface area contributed by atoms with Crippen LogP contribution in [0.15, 0.2) is 24.3 Å². The zero-order chi connectivity index (χ0) is 26.3. The van der Waals surface area contributed by atoms with Crippen LogP contribution in [0.4, 0.5) is 0 Å². The Labute approximate surface area is 220 Å². The number of aromatic nitrogens is 2. The zero-order valence-electron chi connectivity index (χ0n) is 19.9. The summed E-state index contributed by atoms with van der Waals surface area (Å²) in [6.07, 6.45) is 0.0989. The largest absolute Gasteiger partial charge is 0.481 e. The molecule has 2 aliphatic heterocycles. The Morgan fingerprint density at radius 3 is 2.62 bits per heavy atom. The number of rotatable bonds is 6. The maximum absolute atomic E-state index is 13.1. The first-order valence-corrected chi connectivity index (χ1v) is 12.9. The number of halogens is 1. The normalized spacial score (nSPS) is 19.6. The third kappa shape index (κ3) is 5.45. The van der Waals surface area contributed by atoms with E-state index in [0.29, 0.717) is 15.7 Å². The number of aromatic amines is 1. The molecule has 2 atom stereocenters. The van der Waals surface area contributed by atoms with Crippen molar-refractivity contribution in [3.05, 3.63) is 50.6 Å². The van der Waals surface area contributed by atoms with E-state index in [-0.39, 0.29) is 19.0 Å². The summed E-state index contributed by atoms with van der Waals surface area (Å²) in [6.45, 7) is 1.73. The van der Waals surface area contributed by atoms with Crippen LogP contribution in [-0.4, -0.2) is 87.3 Å². The Morgan fingerprint density at radius 1 is 1.16 bits per heavy atom. The van der Waals surface area contributed by atoms with Crippen LogP contribution in [0.2, 0.25) is 5.02 Å². The molecule has 4 N–H and O–H groups in total. The van der Waals surface area contributed by atoms with Gasteiger partial charge in [0.2, 0.25) is 5.91 Å². The van der Waals surface area contributed by atoms with E-state index < -0.39 is 36.3 Å². The quantitative estimate of drug-likeness (QED) is 0.343. The van der Waals surface area contributed by atoms with Crippen molar-refractivity contribution in [1.82, 2.24) is 30.4 Å². The van der Waals surface area contributed by atoms with E-state index in [9.17, 15) is 19.2 Å². The van der Waals surface area contributed by atoms with E-state index in [2.05, 4.69) is 25.5 Å². The second-order valence-electron chi connectivity index (χ2n) is 9.32. The predicted octanol–water partition coefficient (Wildman–Crippen LogP) is 1.48. The van der Waals surface area contributed by atoms with E-state index in [1.807, 2.05) is 7.05 Å². The van der Waals surface area contributed by atoms with Gasteiger partial charge in [0.15, 0.2) is 5.01 Å². The average Bonchev–Trinajstić information content (AvgIpc) is 3.55. The van der Waals surface area contributed by atoms with Crippen molar-refractivity contribution in [2.75, 3.05) is 26.7 Å². The van der Waals surface area contributed by atoms with Crippen molar-refractivity contribution >= 4 is 57.5 Å². The molecule has 1 aromatic carbocycles. The number of hydrogen-bond donors (Lipinski definition) is 4. The standard InChI is InChI=1S/C24H25ClN6O5S/c1-30-5-4-15-19(11-30)37-24(29-15)23(36)28-18-10-31(20(32)8-21(33)34)9-17(18)27-22(35)16-7-12-6-13(25)2-3-14(12)26-16/h2-3,6-7,17-18,26H,4-5,8-11H2,1H3,(H,27,35)(H,28,36)(H,33,34)/t17-,18?/m1/s1. The lowest BCUT2D eigenvalue weighted by atomic mass is 10.1. The molecule has 194 valence electrons. The number of fused-ring (bicyclic) bond motifs is 2. The Morgan fingerprint density at radius 2 is 1.89 bits per heavy atom. The number of likely N-dealkylation sites (N-methyl/N-ethyl adjacent to an activating group) is 1. The fourth-order valence-electron chi connectivity index (χ4n) is 4.66. The molecule has 0 bridgehead atoms. The van der Waals surface area contributed by atoms with Gasteiger partial charge in [-0.1, -0.05) is 11.6 Å². The van der Waals surface area contributed by atoms with Crippen molar-refractivity contribution in [1.29, 1.82) is 0 Å². The van der Waals surface area contributed by atoms with Crippen LogP contribution in [0.5, 0.6) is 0 Å². The van der Waals surface area contributed by atoms with Crippen LogP contribution in [-0.2, 0) is 22.6 Å². The van der Waals surface area contributed by atoms with Crippen LogP contribution in [0.25, 0.3) is 10.9 Å². The fraction of sp³-hybridized carbons (Fsp3) is 0.375. The van der Waals surface area contributed by atoms with E-state index >= 15 is 0 Å². The molecule has 1 fully saturated rings. The molecule has 0 aliphatic carbocycles. The lowest BCUT2D eigenvalue weighted by Crippen LogP contribution is -2.51. The Kier molecular flexibility index (Phi) is 6.88. The van der Waals surface area contributed by atoms with Crippen molar-refractivity contribution in [3.63, 3.8) is 0 Å². The third-order valence-corrected chi connectivity index (χ3v) is 7.87. The molecular weight excluding hydrogens is 520 g/mol. The van der Waals surface area contributed by atoms with Crippen LogP contribution in [0.3, 0.4) is 0 Å². The molecule has 11 nitrogen and oxygen atoms in total. The summed E-state index contributed by atoms with van der Waals surface area (Å²) in [6, 6.07) is 5.63. The number of amides is 3. The summed E-state index contributed by atoms with van der Waals surface area (Å²) in [5.41, 5.74) is 1.96. The van der Waals surface area contributed by atoms with Gasteiger partial charge in [0.25, 0.3) is 11.8 Å². The average molecular weight is 545 g/mol. The minimum Gasteiger partial charge on any atom is -0.481 e. The second kappa shape index (κ2) is 10.1. The lowest BCUT2D eigenvalue weighted by molar-refractivity contribution is -0.143. The van der Waals surface area contributed by atoms with Crippen molar-refractivity contribution in [2.45, 2.75) is 31.5 Å². The first-order valence-electron chi connectivity index (χ1n) is 11.7. The van der Waals surface area contributed by atoms with Gasteiger partial charge in [-0.25, -0.2) is 4.98 Å². The minimum atomic E-state index is -1.24. The highest BCUT2D eigenvalue weighted by Gasteiger charge is 2.38. The summed E-state index contributed by atoms with van der Waals surface area (Å²) in [5.74, 6) is -2.64. The SMILES string of the molecule is CN1CCc2nc(C(=O)NC3CN(C(=O)CC(=O)O)C[C@H]3NC(=O)c3cc4cc(Cl)ccc4[nH]3)sc2C1. The number of nitrogens with zero attached hydrogens (tertiary/aromatic N) is 3. The number of thiazole rings is 1. The van der Waals surface area contributed by atoms with Crippen molar-refractivity contribution in [2.24, 2.45) is 0 Å². The number of carboxylic acids is 1. The highest BCUT2D eigenvalue weighted by Crippen LogP contribution is 2.25. The van der Waals surface area contributed by atoms with Gasteiger partial charge in [0, 0.05) is 53.4 Å². The van der Waals surface area contributed by atoms with Crippen LogP contribution in [0.1, 0.15) is 37.3 Å². The maximum atomic E-state index is 13.1. The molecule has 4 heterocycles. The first-order chi connectivity index (χ1) is 17.7. The number of hydrogen-bond acceptors (Lipinski definition) is 7. The molecule has 0 radical (unpaired) electrons. The van der Waals surface area contributed by atoms with Crippen molar-refractivity contribution < 1.29 is 24.3 Å². The maximum Gasteiger partial charge on any atom is 0.312 e. The number of carbonyl (C=O) groups is 4. The molecule has 1 unspecified atom stereocenters.